The molecule has 0 atom stereocenters. The van der Waals surface area contributed by atoms with Crippen LogP contribution in [0.2, 0.25) is 5.15 Å². The lowest BCUT2D eigenvalue weighted by Gasteiger charge is -1.98. The minimum Gasteiger partial charge on any atom is -0.257 e. The van der Waals surface area contributed by atoms with Gasteiger partial charge in [0, 0.05) is 24.8 Å². The topological polar surface area (TPSA) is 91.4 Å². The maximum atomic E-state index is 11.4. The monoisotopic (exact) mass is 277 g/mol. The van der Waals surface area contributed by atoms with Gasteiger partial charge < -0.3 is 0 Å². The molecular weight excluding hydrogens is 270 g/mol. The van der Waals surface area contributed by atoms with Crippen LogP contribution in [0.15, 0.2) is 49.7 Å². The first-order valence-electron chi connectivity index (χ1n) is 5.08. The fourth-order valence-electron chi connectivity index (χ4n) is 1.10. The van der Waals surface area contributed by atoms with Crippen LogP contribution >= 0.6 is 11.6 Å². The van der Waals surface area contributed by atoms with Gasteiger partial charge in [0.25, 0.3) is 0 Å². The van der Waals surface area contributed by atoms with Crippen LogP contribution < -0.4 is 0 Å². The summed E-state index contributed by atoms with van der Waals surface area (Å²) in [6.07, 6.45) is 10.6. The lowest BCUT2D eigenvalue weighted by Crippen LogP contribution is -2.15. The van der Waals surface area contributed by atoms with E-state index >= 15 is 0 Å². The summed E-state index contributed by atoms with van der Waals surface area (Å²) in [6, 6.07) is 1.37. The van der Waals surface area contributed by atoms with Crippen LogP contribution in [-0.2, 0) is 0 Å². The summed E-state index contributed by atoms with van der Waals surface area (Å²) in [6.45, 7) is 0. The van der Waals surface area contributed by atoms with Crippen molar-refractivity contribution in [1.82, 2.24) is 34.5 Å². The average molecular weight is 278 g/mol. The van der Waals surface area contributed by atoms with Crippen molar-refractivity contribution < 1.29 is 4.79 Å². The lowest BCUT2D eigenvalue weighted by atomic mass is 10.7. The van der Waals surface area contributed by atoms with E-state index in [0.29, 0.717) is 5.15 Å². The van der Waals surface area contributed by atoms with Crippen molar-refractivity contribution >= 4 is 17.6 Å². The molecule has 8 nitrogen and oxygen atoms in total. The molecule has 3 aromatic rings. The number of hydrogen-bond donors (Lipinski definition) is 0. The van der Waals surface area contributed by atoms with Crippen molar-refractivity contribution in [2.75, 3.05) is 0 Å². The van der Waals surface area contributed by atoms with Gasteiger partial charge >= 0.3 is 6.03 Å². The highest BCUT2D eigenvalue weighted by Gasteiger charge is 2.03. The van der Waals surface area contributed by atoms with Crippen molar-refractivity contribution in [3.63, 3.8) is 0 Å². The molecule has 0 unspecified atom stereocenters. The van der Waals surface area contributed by atoms with Gasteiger partial charge in [0.05, 0.1) is 6.20 Å². The van der Waals surface area contributed by atoms with E-state index in [1.807, 2.05) is 0 Å². The summed E-state index contributed by atoms with van der Waals surface area (Å²) < 4.78 is 2.75. The molecule has 3 heterocycles. The molecule has 0 aromatic carbocycles. The number of hydrogen-bond acceptors (Lipinski definition) is 6. The van der Waals surface area contributed by atoms with Crippen LogP contribution in [-0.4, -0.2) is 40.5 Å². The molecule has 0 saturated carbocycles. The number of aromatic nitrogens is 7. The number of nitrogens with zero attached hydrogens (tertiary/aromatic N) is 7. The molecule has 0 aliphatic rings. The third-order valence-electron chi connectivity index (χ3n) is 1.92. The summed E-state index contributed by atoms with van der Waals surface area (Å²) in [5.74, 6) is 0. The number of carbonyl (C=O) groups is 1. The predicted molar refractivity (Wildman–Crippen MR) is 65.5 cm³/mol. The Kier molecular flexibility index (Phi) is 4.29. The Hall–Kier alpha value is -2.61. The number of carbonyl (C=O) groups excluding carboxylic acids is 1. The van der Waals surface area contributed by atoms with Crippen molar-refractivity contribution in [3.8, 4) is 0 Å². The van der Waals surface area contributed by atoms with Crippen molar-refractivity contribution in [2.45, 2.75) is 0 Å². The molecular formula is C10H8ClN7O. The molecule has 0 spiro atoms. The fourth-order valence-corrected chi connectivity index (χ4v) is 1.19. The van der Waals surface area contributed by atoms with E-state index in [-0.39, 0.29) is 6.03 Å². The van der Waals surface area contributed by atoms with Gasteiger partial charge in [-0.2, -0.15) is 0 Å². The van der Waals surface area contributed by atoms with E-state index in [1.165, 1.54) is 28.0 Å². The second-order valence-corrected chi connectivity index (χ2v) is 3.55. The van der Waals surface area contributed by atoms with Gasteiger partial charge in [0.2, 0.25) is 0 Å². The van der Waals surface area contributed by atoms with Crippen LogP contribution in [0.4, 0.5) is 4.79 Å². The molecule has 0 radical (unpaired) electrons. The third-order valence-corrected chi connectivity index (χ3v) is 2.12. The highest BCUT2D eigenvalue weighted by atomic mass is 35.5. The molecule has 3 aromatic heterocycles. The largest absolute Gasteiger partial charge is 0.338 e. The molecule has 3 rings (SSSR count). The molecule has 0 aliphatic heterocycles. The van der Waals surface area contributed by atoms with Crippen LogP contribution in [0.25, 0.3) is 0 Å². The summed E-state index contributed by atoms with van der Waals surface area (Å²) in [5, 5.41) is 10.4. The number of halogens is 1. The van der Waals surface area contributed by atoms with E-state index < -0.39 is 0 Å². The van der Waals surface area contributed by atoms with Crippen LogP contribution in [0, 0.1) is 0 Å². The van der Waals surface area contributed by atoms with Gasteiger partial charge in [-0.25, -0.2) is 14.8 Å². The average Bonchev–Trinajstić information content (AvgIpc) is 3.13. The van der Waals surface area contributed by atoms with Crippen LogP contribution in [0.1, 0.15) is 0 Å². The van der Waals surface area contributed by atoms with Gasteiger partial charge in [-0.3, -0.25) is 9.13 Å². The first-order chi connectivity index (χ1) is 9.27. The van der Waals surface area contributed by atoms with E-state index in [4.69, 9.17) is 11.6 Å². The van der Waals surface area contributed by atoms with Gasteiger partial charge in [-0.15, -0.1) is 10.2 Å². The zero-order valence-electron chi connectivity index (χ0n) is 9.54. The molecule has 0 N–H and O–H groups in total. The third kappa shape index (κ3) is 3.68. The van der Waals surface area contributed by atoms with Crippen molar-refractivity contribution in [3.05, 3.63) is 54.9 Å². The Morgan fingerprint density at radius 3 is 2.00 bits per heavy atom. The number of imidazole rings is 2. The molecule has 19 heavy (non-hydrogen) atoms. The lowest BCUT2D eigenvalue weighted by molar-refractivity contribution is 0.244. The van der Waals surface area contributed by atoms with Gasteiger partial charge in [-0.1, -0.05) is 11.6 Å². The van der Waals surface area contributed by atoms with E-state index in [2.05, 4.69) is 25.4 Å². The fraction of sp³-hybridized carbons (Fsp3) is 0. The molecule has 0 saturated heterocycles. The first-order valence-corrected chi connectivity index (χ1v) is 5.45. The van der Waals surface area contributed by atoms with Gasteiger partial charge in [-0.05, 0) is 11.3 Å². The van der Waals surface area contributed by atoms with Crippen LogP contribution in [0.3, 0.4) is 0 Å². The van der Waals surface area contributed by atoms with E-state index in [1.54, 1.807) is 30.9 Å². The van der Waals surface area contributed by atoms with Crippen LogP contribution in [0.5, 0.6) is 0 Å². The minimum atomic E-state index is -0.190. The normalized spacial score (nSPS) is 9.53. The quantitative estimate of drug-likeness (QED) is 0.611. The summed E-state index contributed by atoms with van der Waals surface area (Å²) in [4.78, 5) is 18.9. The molecule has 96 valence electrons. The highest BCUT2D eigenvalue weighted by molar-refractivity contribution is 6.29. The summed E-state index contributed by atoms with van der Waals surface area (Å²) in [7, 11) is 0. The Balaban J connectivity index is 0.000000163. The maximum Gasteiger partial charge on any atom is 0.338 e. The minimum absolute atomic E-state index is 0.190. The Bertz CT molecular complexity index is 572. The van der Waals surface area contributed by atoms with E-state index in [0.717, 1.165) is 0 Å². The highest BCUT2D eigenvalue weighted by Crippen LogP contribution is 1.94. The van der Waals surface area contributed by atoms with Gasteiger partial charge in [0.1, 0.15) is 12.7 Å². The Morgan fingerprint density at radius 1 is 1.05 bits per heavy atom. The zero-order valence-corrected chi connectivity index (χ0v) is 10.3. The molecule has 0 amide bonds. The number of rotatable bonds is 0. The molecule has 9 heteroatoms. The molecule has 0 aliphatic carbocycles. The summed E-state index contributed by atoms with van der Waals surface area (Å²) in [5.41, 5.74) is 0. The second-order valence-electron chi connectivity index (χ2n) is 3.17. The Morgan fingerprint density at radius 2 is 1.68 bits per heavy atom. The predicted octanol–water partition coefficient (Wildman–Crippen LogP) is 1.12. The zero-order chi connectivity index (χ0) is 13.5. The standard InChI is InChI=1S/C7H6N4O.C3H2ClN3/c12-7(10-3-1-8-5-10)11-4-2-9-6-11;4-3-1-2-5-7-6-3/h1-6H;1-2H. The smallest absolute Gasteiger partial charge is 0.257 e. The van der Waals surface area contributed by atoms with Gasteiger partial charge in [0.15, 0.2) is 5.15 Å². The second kappa shape index (κ2) is 6.36. The molecule has 0 fully saturated rings. The SMILES string of the molecule is Clc1ccnnn1.O=C(n1ccnc1)n1ccnc1. The molecule has 0 bridgehead atoms. The first kappa shape index (κ1) is 12.8. The van der Waals surface area contributed by atoms with Crippen molar-refractivity contribution in [1.29, 1.82) is 0 Å². The van der Waals surface area contributed by atoms with Crippen molar-refractivity contribution in [2.24, 2.45) is 0 Å². The maximum absolute atomic E-state index is 11.4. The van der Waals surface area contributed by atoms with E-state index in [9.17, 15) is 4.79 Å². The summed E-state index contributed by atoms with van der Waals surface area (Å²) >= 11 is 5.33. The Labute approximate surface area is 112 Å².